The van der Waals surface area contributed by atoms with E-state index in [1.807, 2.05) is 6.07 Å². The minimum Gasteiger partial charge on any atom is -0.335 e. The van der Waals surface area contributed by atoms with Gasteiger partial charge >= 0.3 is 6.03 Å². The fourth-order valence-corrected chi connectivity index (χ4v) is 1.87. The van der Waals surface area contributed by atoms with Crippen molar-refractivity contribution in [2.24, 2.45) is 0 Å². The summed E-state index contributed by atoms with van der Waals surface area (Å²) < 4.78 is 0. The molecule has 0 spiro atoms. The molecule has 82 valence electrons. The fraction of sp³-hybridized carbons (Fsp3) is 0.600. The van der Waals surface area contributed by atoms with Gasteiger partial charge in [-0.1, -0.05) is 12.8 Å². The first-order valence-electron chi connectivity index (χ1n) is 5.37. The molecule has 1 aromatic rings. The zero-order valence-electron chi connectivity index (χ0n) is 8.62. The normalized spacial score (nSPS) is 16.5. The molecule has 2 amide bonds. The zero-order valence-corrected chi connectivity index (χ0v) is 8.62. The Kier molecular flexibility index (Phi) is 3.22. The zero-order chi connectivity index (χ0) is 10.5. The Hall–Kier alpha value is -1.52. The van der Waals surface area contributed by atoms with E-state index < -0.39 is 0 Å². The van der Waals surface area contributed by atoms with E-state index in [1.165, 1.54) is 12.8 Å². The van der Waals surface area contributed by atoms with Gasteiger partial charge in [-0.3, -0.25) is 5.10 Å². The van der Waals surface area contributed by atoms with E-state index in [0.29, 0.717) is 12.6 Å². The van der Waals surface area contributed by atoms with Gasteiger partial charge in [-0.15, -0.1) is 0 Å². The summed E-state index contributed by atoms with van der Waals surface area (Å²) in [6.45, 7) is 0.499. The Balaban J connectivity index is 1.68. The lowest BCUT2D eigenvalue weighted by Crippen LogP contribution is -2.40. The second kappa shape index (κ2) is 4.82. The molecule has 1 aliphatic rings. The third-order valence-corrected chi connectivity index (χ3v) is 2.69. The number of aromatic amines is 1. The third kappa shape index (κ3) is 2.97. The Morgan fingerprint density at radius 1 is 1.53 bits per heavy atom. The van der Waals surface area contributed by atoms with Crippen LogP contribution in [0, 0.1) is 0 Å². The van der Waals surface area contributed by atoms with Gasteiger partial charge in [0.15, 0.2) is 0 Å². The lowest BCUT2D eigenvalue weighted by atomic mass is 10.2. The van der Waals surface area contributed by atoms with Crippen molar-refractivity contribution in [1.82, 2.24) is 20.8 Å². The van der Waals surface area contributed by atoms with Crippen molar-refractivity contribution in [3.05, 3.63) is 18.0 Å². The van der Waals surface area contributed by atoms with Gasteiger partial charge in [-0.25, -0.2) is 4.79 Å². The van der Waals surface area contributed by atoms with E-state index in [1.54, 1.807) is 6.20 Å². The number of hydrogen-bond donors (Lipinski definition) is 3. The molecule has 0 bridgehead atoms. The lowest BCUT2D eigenvalue weighted by molar-refractivity contribution is 0.236. The number of carbonyl (C=O) groups excluding carboxylic acids is 1. The van der Waals surface area contributed by atoms with E-state index in [9.17, 15) is 4.79 Å². The van der Waals surface area contributed by atoms with Crippen molar-refractivity contribution in [2.75, 3.05) is 0 Å². The molecule has 15 heavy (non-hydrogen) atoms. The molecule has 0 saturated heterocycles. The second-order valence-corrected chi connectivity index (χ2v) is 3.89. The Morgan fingerprint density at radius 2 is 2.33 bits per heavy atom. The quantitative estimate of drug-likeness (QED) is 0.697. The number of nitrogens with one attached hydrogen (secondary N) is 3. The van der Waals surface area contributed by atoms with Crippen LogP contribution in [0.25, 0.3) is 0 Å². The number of nitrogens with zero attached hydrogens (tertiary/aromatic N) is 1. The van der Waals surface area contributed by atoms with E-state index in [4.69, 9.17) is 0 Å². The minimum atomic E-state index is -0.0866. The molecule has 0 radical (unpaired) electrons. The number of amides is 2. The van der Waals surface area contributed by atoms with Crippen LogP contribution in [0.5, 0.6) is 0 Å². The highest BCUT2D eigenvalue weighted by Gasteiger charge is 2.16. The van der Waals surface area contributed by atoms with E-state index in [2.05, 4.69) is 20.8 Å². The van der Waals surface area contributed by atoms with Gasteiger partial charge in [0, 0.05) is 12.2 Å². The SMILES string of the molecule is O=C(NCc1ccn[nH]1)NC1CCCC1. The van der Waals surface area contributed by atoms with Crippen LogP contribution in [0.1, 0.15) is 31.4 Å². The molecule has 1 aromatic heterocycles. The molecule has 0 aliphatic heterocycles. The summed E-state index contributed by atoms with van der Waals surface area (Å²) in [5, 5.41) is 12.3. The number of H-pyrrole nitrogens is 1. The largest absolute Gasteiger partial charge is 0.335 e. The standard InChI is InChI=1S/C10H16N4O/c15-10(13-8-3-1-2-4-8)11-7-9-5-6-12-14-9/h5-6,8H,1-4,7H2,(H,12,14)(H2,11,13,15). The number of aromatic nitrogens is 2. The van der Waals surface area contributed by atoms with E-state index >= 15 is 0 Å². The number of hydrogen-bond acceptors (Lipinski definition) is 2. The molecular formula is C10H16N4O. The van der Waals surface area contributed by atoms with Crippen LogP contribution in [-0.4, -0.2) is 22.3 Å². The molecular weight excluding hydrogens is 192 g/mol. The van der Waals surface area contributed by atoms with Crippen molar-refractivity contribution in [3.8, 4) is 0 Å². The van der Waals surface area contributed by atoms with E-state index in [-0.39, 0.29) is 6.03 Å². The topological polar surface area (TPSA) is 69.8 Å². The first-order valence-corrected chi connectivity index (χ1v) is 5.37. The number of rotatable bonds is 3. The predicted molar refractivity (Wildman–Crippen MR) is 56.2 cm³/mol. The molecule has 1 saturated carbocycles. The summed E-state index contributed by atoms with van der Waals surface area (Å²) in [7, 11) is 0. The van der Waals surface area contributed by atoms with Crippen molar-refractivity contribution in [2.45, 2.75) is 38.3 Å². The van der Waals surface area contributed by atoms with Crippen LogP contribution >= 0.6 is 0 Å². The first-order chi connectivity index (χ1) is 7.34. The monoisotopic (exact) mass is 208 g/mol. The van der Waals surface area contributed by atoms with Gasteiger partial charge in [0.2, 0.25) is 0 Å². The predicted octanol–water partition coefficient (Wildman–Crippen LogP) is 1.15. The molecule has 1 aliphatic carbocycles. The van der Waals surface area contributed by atoms with Crippen LogP contribution in [-0.2, 0) is 6.54 Å². The van der Waals surface area contributed by atoms with E-state index in [0.717, 1.165) is 18.5 Å². The molecule has 3 N–H and O–H groups in total. The van der Waals surface area contributed by atoms with Crippen molar-refractivity contribution in [1.29, 1.82) is 0 Å². The Morgan fingerprint density at radius 3 is 3.00 bits per heavy atom. The lowest BCUT2D eigenvalue weighted by Gasteiger charge is -2.12. The number of carbonyl (C=O) groups is 1. The van der Waals surface area contributed by atoms with Gasteiger partial charge in [0.05, 0.1) is 12.2 Å². The molecule has 0 atom stereocenters. The van der Waals surface area contributed by atoms with Crippen LogP contribution in [0.2, 0.25) is 0 Å². The molecule has 1 fully saturated rings. The Labute approximate surface area is 88.6 Å². The maximum Gasteiger partial charge on any atom is 0.315 e. The van der Waals surface area contributed by atoms with Crippen molar-refractivity contribution >= 4 is 6.03 Å². The van der Waals surface area contributed by atoms with Gasteiger partial charge in [0.1, 0.15) is 0 Å². The summed E-state index contributed by atoms with van der Waals surface area (Å²) in [4.78, 5) is 11.4. The van der Waals surface area contributed by atoms with Crippen LogP contribution in [0.4, 0.5) is 4.79 Å². The second-order valence-electron chi connectivity index (χ2n) is 3.89. The summed E-state index contributed by atoms with van der Waals surface area (Å²) >= 11 is 0. The van der Waals surface area contributed by atoms with Gasteiger partial charge < -0.3 is 10.6 Å². The highest BCUT2D eigenvalue weighted by molar-refractivity contribution is 5.74. The summed E-state index contributed by atoms with van der Waals surface area (Å²) in [5.74, 6) is 0. The van der Waals surface area contributed by atoms with Crippen LogP contribution in [0.3, 0.4) is 0 Å². The molecule has 5 nitrogen and oxygen atoms in total. The average Bonchev–Trinajstić information content (AvgIpc) is 2.86. The highest BCUT2D eigenvalue weighted by Crippen LogP contribution is 2.17. The molecule has 0 unspecified atom stereocenters. The summed E-state index contributed by atoms with van der Waals surface area (Å²) in [6, 6.07) is 2.12. The maximum absolute atomic E-state index is 11.4. The highest BCUT2D eigenvalue weighted by atomic mass is 16.2. The molecule has 2 rings (SSSR count). The molecule has 1 heterocycles. The average molecular weight is 208 g/mol. The minimum absolute atomic E-state index is 0.0866. The third-order valence-electron chi connectivity index (χ3n) is 2.69. The molecule has 0 aromatic carbocycles. The molecule has 5 heteroatoms. The first kappa shape index (κ1) is 10.0. The van der Waals surface area contributed by atoms with Crippen molar-refractivity contribution in [3.63, 3.8) is 0 Å². The summed E-state index contributed by atoms with van der Waals surface area (Å²) in [6.07, 6.45) is 6.35. The summed E-state index contributed by atoms with van der Waals surface area (Å²) in [5.41, 5.74) is 0.913. The van der Waals surface area contributed by atoms with Gasteiger partial charge in [0.25, 0.3) is 0 Å². The fourth-order valence-electron chi connectivity index (χ4n) is 1.87. The smallest absolute Gasteiger partial charge is 0.315 e. The number of urea groups is 1. The Bertz CT molecular complexity index is 303. The van der Waals surface area contributed by atoms with Gasteiger partial charge in [-0.2, -0.15) is 5.10 Å². The maximum atomic E-state index is 11.4. The van der Waals surface area contributed by atoms with Crippen molar-refractivity contribution < 1.29 is 4.79 Å². The van der Waals surface area contributed by atoms with Gasteiger partial charge in [-0.05, 0) is 18.9 Å². The van der Waals surface area contributed by atoms with Crippen LogP contribution < -0.4 is 10.6 Å². The van der Waals surface area contributed by atoms with Crippen LogP contribution in [0.15, 0.2) is 12.3 Å².